The van der Waals surface area contributed by atoms with Gasteiger partial charge >= 0.3 is 6.18 Å². The number of alkyl halides is 3. The van der Waals surface area contributed by atoms with E-state index in [4.69, 9.17) is 17.0 Å². The molecule has 5 nitrogen and oxygen atoms in total. The molecule has 2 aromatic carbocycles. The van der Waals surface area contributed by atoms with Crippen molar-refractivity contribution in [3.8, 4) is 0 Å². The molecule has 0 bridgehead atoms. The average molecular weight is 445 g/mol. The lowest BCUT2D eigenvalue weighted by Crippen LogP contribution is -2.59. The molecule has 0 aliphatic carbocycles. The normalized spacial score (nSPS) is 18.4. The minimum absolute atomic E-state index is 0.00866. The zero-order valence-corrected chi connectivity index (χ0v) is 17.1. The Balaban J connectivity index is 1.92. The second-order valence-electron chi connectivity index (χ2n) is 6.65. The number of nitrogens with one attached hydrogen (secondary N) is 3. The first kappa shape index (κ1) is 21.6. The van der Waals surface area contributed by atoms with Crippen LogP contribution in [0.25, 0.3) is 0 Å². The summed E-state index contributed by atoms with van der Waals surface area (Å²) in [5.41, 5.74) is 1.33. The number of aryl methyl sites for hydroxylation is 1. The number of amidine groups is 1. The molecule has 1 aliphatic rings. The van der Waals surface area contributed by atoms with Crippen molar-refractivity contribution >= 4 is 34.1 Å². The summed E-state index contributed by atoms with van der Waals surface area (Å²) in [7, 11) is -1.67. The van der Waals surface area contributed by atoms with Gasteiger partial charge in [0.25, 0.3) is 0 Å². The topological polar surface area (TPSA) is 68.2 Å². The van der Waals surface area contributed by atoms with Crippen molar-refractivity contribution in [2.24, 2.45) is 0 Å². The van der Waals surface area contributed by atoms with Gasteiger partial charge in [0, 0.05) is 19.6 Å². The van der Waals surface area contributed by atoms with Gasteiger partial charge in [-0.05, 0) is 31.2 Å². The van der Waals surface area contributed by atoms with Crippen LogP contribution in [-0.2, 0) is 11.0 Å². The molecule has 156 valence electrons. The molecule has 2 atom stereocenters. The van der Waals surface area contributed by atoms with Gasteiger partial charge in [-0.1, -0.05) is 35.4 Å². The Morgan fingerprint density at radius 3 is 2.62 bits per heavy atom. The van der Waals surface area contributed by atoms with Crippen LogP contribution in [0.2, 0.25) is 5.02 Å². The summed E-state index contributed by atoms with van der Waals surface area (Å²) in [5, 5.41) is 11.3. The van der Waals surface area contributed by atoms with Crippen LogP contribution in [-0.4, -0.2) is 46.8 Å². The molecular weight excluding hydrogens is 425 g/mol. The van der Waals surface area contributed by atoms with E-state index in [1.165, 1.54) is 6.07 Å². The molecule has 0 radical (unpaired) electrons. The third-order valence-electron chi connectivity index (χ3n) is 4.60. The summed E-state index contributed by atoms with van der Waals surface area (Å²) < 4.78 is 55.8. The van der Waals surface area contributed by atoms with Crippen LogP contribution in [0.1, 0.15) is 11.1 Å². The van der Waals surface area contributed by atoms with Gasteiger partial charge in [-0.15, -0.1) is 0 Å². The van der Waals surface area contributed by atoms with E-state index in [0.717, 1.165) is 10.5 Å². The highest BCUT2D eigenvalue weighted by Crippen LogP contribution is 2.32. The van der Waals surface area contributed by atoms with Crippen molar-refractivity contribution in [3.05, 3.63) is 58.6 Å². The Hall–Kier alpha value is -2.10. The lowest BCUT2D eigenvalue weighted by atomic mass is 10.1. The summed E-state index contributed by atoms with van der Waals surface area (Å²) in [6.45, 7) is 1.92. The van der Waals surface area contributed by atoms with Gasteiger partial charge in [0.05, 0.1) is 21.2 Å². The van der Waals surface area contributed by atoms with E-state index in [1.54, 1.807) is 24.3 Å². The zero-order valence-electron chi connectivity index (χ0n) is 15.5. The molecule has 1 saturated heterocycles. The molecule has 0 amide bonds. The molecule has 10 heteroatoms. The van der Waals surface area contributed by atoms with Crippen molar-refractivity contribution in [1.82, 2.24) is 10.2 Å². The molecule has 2 aromatic rings. The van der Waals surface area contributed by atoms with Crippen molar-refractivity contribution in [1.29, 1.82) is 5.41 Å². The highest BCUT2D eigenvalue weighted by Gasteiger charge is 2.46. The standard InChI is InChI=1S/C19H20ClF3N4OS/c1-12-5-7-13(8-6-12)29(28)26-15-4-2-3-14(20)17(15)18(24)27-10-9-25-11-16(27)19(21,22)23/h2-8,16,24-26H,9-11H2,1H3. The van der Waals surface area contributed by atoms with Gasteiger partial charge in [0.2, 0.25) is 0 Å². The van der Waals surface area contributed by atoms with Gasteiger partial charge in [-0.2, -0.15) is 13.2 Å². The van der Waals surface area contributed by atoms with Crippen LogP contribution in [0.3, 0.4) is 0 Å². The monoisotopic (exact) mass is 444 g/mol. The molecule has 29 heavy (non-hydrogen) atoms. The average Bonchev–Trinajstić information content (AvgIpc) is 2.67. The molecule has 0 saturated carbocycles. The first-order chi connectivity index (χ1) is 13.7. The lowest BCUT2D eigenvalue weighted by molar-refractivity contribution is -0.176. The molecule has 0 aromatic heterocycles. The van der Waals surface area contributed by atoms with E-state index in [1.807, 2.05) is 19.1 Å². The fourth-order valence-electron chi connectivity index (χ4n) is 3.08. The number of nitrogens with zero attached hydrogens (tertiary/aromatic N) is 1. The van der Waals surface area contributed by atoms with Crippen LogP contribution in [0.4, 0.5) is 18.9 Å². The van der Waals surface area contributed by atoms with Crippen LogP contribution >= 0.6 is 11.6 Å². The Bertz CT molecular complexity index is 921. The second kappa shape index (κ2) is 8.73. The van der Waals surface area contributed by atoms with Crippen molar-refractivity contribution in [2.45, 2.75) is 24.0 Å². The summed E-state index contributed by atoms with van der Waals surface area (Å²) in [6.07, 6.45) is -4.50. The molecule has 3 rings (SSSR count). The number of benzene rings is 2. The fourth-order valence-corrected chi connectivity index (χ4v) is 4.21. The van der Waals surface area contributed by atoms with E-state index in [9.17, 15) is 17.4 Å². The van der Waals surface area contributed by atoms with Gasteiger partial charge < -0.3 is 14.9 Å². The van der Waals surface area contributed by atoms with Gasteiger partial charge in [-0.25, -0.2) is 4.21 Å². The maximum absolute atomic E-state index is 13.5. The Kier molecular flexibility index (Phi) is 6.50. The highest BCUT2D eigenvalue weighted by atomic mass is 35.5. The van der Waals surface area contributed by atoms with Crippen molar-refractivity contribution < 1.29 is 17.4 Å². The number of anilines is 1. The van der Waals surface area contributed by atoms with E-state index in [2.05, 4.69) is 10.0 Å². The Morgan fingerprint density at radius 1 is 1.28 bits per heavy atom. The number of halogens is 4. The van der Waals surface area contributed by atoms with Crippen LogP contribution in [0.15, 0.2) is 47.4 Å². The molecule has 2 unspecified atom stereocenters. The van der Waals surface area contributed by atoms with Crippen molar-refractivity contribution in [3.63, 3.8) is 0 Å². The second-order valence-corrected chi connectivity index (χ2v) is 8.27. The SMILES string of the molecule is Cc1ccc(S(=O)Nc2cccc(Cl)c2C(=N)N2CCNCC2C(F)(F)F)cc1. The molecule has 1 heterocycles. The summed E-state index contributed by atoms with van der Waals surface area (Å²) in [5.74, 6) is -0.358. The quantitative estimate of drug-likeness (QED) is 0.494. The van der Waals surface area contributed by atoms with Crippen LogP contribution < -0.4 is 10.0 Å². The first-order valence-electron chi connectivity index (χ1n) is 8.85. The molecule has 0 spiro atoms. The Morgan fingerprint density at radius 2 is 1.97 bits per heavy atom. The predicted octanol–water partition coefficient (Wildman–Crippen LogP) is 3.94. The third-order valence-corrected chi connectivity index (χ3v) is 6.02. The summed E-state index contributed by atoms with van der Waals surface area (Å²) >= 11 is 6.25. The third kappa shape index (κ3) is 4.91. The highest BCUT2D eigenvalue weighted by molar-refractivity contribution is 7.86. The van der Waals surface area contributed by atoms with Gasteiger partial charge in [0.15, 0.2) is 0 Å². The fraction of sp³-hybridized carbons (Fsp3) is 0.316. The number of rotatable bonds is 4. The Labute approximate surface area is 174 Å². The van der Waals surface area contributed by atoms with E-state index in [-0.39, 0.29) is 35.2 Å². The van der Waals surface area contributed by atoms with Gasteiger partial charge in [0.1, 0.15) is 22.9 Å². The van der Waals surface area contributed by atoms with Crippen LogP contribution in [0.5, 0.6) is 0 Å². The van der Waals surface area contributed by atoms with Crippen LogP contribution in [0, 0.1) is 12.3 Å². The van der Waals surface area contributed by atoms with Crippen molar-refractivity contribution in [2.75, 3.05) is 24.4 Å². The molecule has 1 fully saturated rings. The minimum atomic E-state index is -4.50. The number of hydrogen-bond acceptors (Lipinski definition) is 3. The zero-order chi connectivity index (χ0) is 21.2. The molecule has 3 N–H and O–H groups in total. The number of piperazine rings is 1. The minimum Gasteiger partial charge on any atom is -0.342 e. The largest absolute Gasteiger partial charge is 0.410 e. The maximum atomic E-state index is 13.5. The first-order valence-corrected chi connectivity index (χ1v) is 10.4. The number of hydrogen-bond donors (Lipinski definition) is 3. The summed E-state index contributed by atoms with van der Waals surface area (Å²) in [4.78, 5) is 1.49. The van der Waals surface area contributed by atoms with Gasteiger partial charge in [-0.3, -0.25) is 5.41 Å². The molecule has 1 aliphatic heterocycles. The maximum Gasteiger partial charge on any atom is 0.410 e. The van der Waals surface area contributed by atoms with E-state index >= 15 is 0 Å². The lowest BCUT2D eigenvalue weighted by Gasteiger charge is -2.39. The van der Waals surface area contributed by atoms with E-state index in [0.29, 0.717) is 11.4 Å². The predicted molar refractivity (Wildman–Crippen MR) is 109 cm³/mol. The smallest absolute Gasteiger partial charge is 0.342 e. The van der Waals surface area contributed by atoms with E-state index < -0.39 is 23.2 Å². The summed E-state index contributed by atoms with van der Waals surface area (Å²) in [6, 6.07) is 9.81. The molecular formula is C19H20ClF3N4OS.